The van der Waals surface area contributed by atoms with Crippen molar-refractivity contribution in [2.75, 3.05) is 19.8 Å². The molecule has 0 radical (unpaired) electrons. The van der Waals surface area contributed by atoms with Crippen molar-refractivity contribution in [3.05, 3.63) is 65.7 Å². The van der Waals surface area contributed by atoms with Crippen LogP contribution in [0.4, 0.5) is 0 Å². The lowest BCUT2D eigenvalue weighted by Gasteiger charge is -2.16. The van der Waals surface area contributed by atoms with Crippen molar-refractivity contribution in [2.24, 2.45) is 0 Å². The summed E-state index contributed by atoms with van der Waals surface area (Å²) >= 11 is 6.61. The lowest BCUT2D eigenvalue weighted by molar-refractivity contribution is 0.00794. The number of fused-ring (bicyclic) bond motifs is 2. The highest BCUT2D eigenvalue weighted by Gasteiger charge is 2.48. The molecule has 0 saturated carbocycles. The van der Waals surface area contributed by atoms with Crippen LogP contribution in [-0.4, -0.2) is 70.5 Å². The van der Waals surface area contributed by atoms with Gasteiger partial charge in [-0.2, -0.15) is 0 Å². The molecular formula is C28H27ClN2O6. The Morgan fingerprint density at radius 2 is 1.68 bits per heavy atom. The number of aromatic nitrogens is 2. The van der Waals surface area contributed by atoms with E-state index in [4.69, 9.17) is 40.6 Å². The summed E-state index contributed by atoms with van der Waals surface area (Å²) in [6, 6.07) is 19.5. The summed E-state index contributed by atoms with van der Waals surface area (Å²) in [4.78, 5) is 8.00. The van der Waals surface area contributed by atoms with Crippen molar-refractivity contribution in [3.63, 3.8) is 0 Å². The molecule has 2 aromatic carbocycles. The third-order valence-corrected chi connectivity index (χ3v) is 7.02. The fourth-order valence-electron chi connectivity index (χ4n) is 4.80. The minimum Gasteiger partial charge on any atom is -0.488 e. The molecule has 192 valence electrons. The summed E-state index contributed by atoms with van der Waals surface area (Å²) in [6.45, 7) is 2.40. The molecule has 4 aromatic rings. The molecule has 2 aromatic heterocycles. The second-order valence-electron chi connectivity index (χ2n) is 9.42. The molecule has 2 fully saturated rings. The van der Waals surface area contributed by atoms with E-state index in [1.54, 1.807) is 0 Å². The Labute approximate surface area is 218 Å². The summed E-state index contributed by atoms with van der Waals surface area (Å²) in [5.74, 6) is 1.26. The van der Waals surface area contributed by atoms with Crippen LogP contribution in [0, 0.1) is 0 Å². The normalized spacial score (nSPS) is 23.8. The van der Waals surface area contributed by atoms with Gasteiger partial charge >= 0.3 is 0 Å². The highest BCUT2D eigenvalue weighted by atomic mass is 35.5. The van der Waals surface area contributed by atoms with Gasteiger partial charge in [-0.15, -0.1) is 0 Å². The summed E-state index contributed by atoms with van der Waals surface area (Å²) < 4.78 is 23.0. The Morgan fingerprint density at radius 3 is 2.41 bits per heavy atom. The number of rotatable bonds is 7. The number of nitrogens with one attached hydrogen (secondary N) is 1. The SMILES string of the molecule is CC(CO)Oc1ccc(-c2ccc(-c3nc4cc(O[C@@H]5COC6[C@H](O)CO[C@@H]65)[nH]c4cc3Cl)cc2)cc1. The quantitative estimate of drug-likeness (QED) is 0.334. The Bertz CT molecular complexity index is 1390. The predicted octanol–water partition coefficient (Wildman–Crippen LogP) is 4.22. The number of hydrogen-bond donors (Lipinski definition) is 3. The van der Waals surface area contributed by atoms with Crippen LogP contribution in [0.1, 0.15) is 6.92 Å². The molecule has 37 heavy (non-hydrogen) atoms. The smallest absolute Gasteiger partial charge is 0.193 e. The van der Waals surface area contributed by atoms with E-state index in [0.717, 1.165) is 33.5 Å². The molecule has 0 aliphatic carbocycles. The second kappa shape index (κ2) is 9.96. The number of aromatic amines is 1. The highest BCUT2D eigenvalue weighted by molar-refractivity contribution is 6.33. The van der Waals surface area contributed by atoms with Gasteiger partial charge in [0.25, 0.3) is 0 Å². The van der Waals surface area contributed by atoms with Crippen molar-refractivity contribution in [2.45, 2.75) is 37.4 Å². The van der Waals surface area contributed by atoms with Crippen molar-refractivity contribution in [1.82, 2.24) is 9.97 Å². The summed E-state index contributed by atoms with van der Waals surface area (Å²) in [5, 5.41) is 19.6. The number of nitrogens with zero attached hydrogens (tertiary/aromatic N) is 1. The Morgan fingerprint density at radius 1 is 1.00 bits per heavy atom. The van der Waals surface area contributed by atoms with Crippen molar-refractivity contribution in [3.8, 4) is 34.0 Å². The molecule has 8 nitrogen and oxygen atoms in total. The number of pyridine rings is 1. The number of H-pyrrole nitrogens is 1. The molecule has 5 atom stereocenters. The highest BCUT2D eigenvalue weighted by Crippen LogP contribution is 2.34. The number of aliphatic hydroxyl groups is 2. The molecule has 2 unspecified atom stereocenters. The Hall–Kier alpha value is -3.14. The first-order valence-electron chi connectivity index (χ1n) is 12.2. The van der Waals surface area contributed by atoms with Crippen molar-refractivity contribution in [1.29, 1.82) is 0 Å². The van der Waals surface area contributed by atoms with Gasteiger partial charge in [-0.1, -0.05) is 48.0 Å². The first-order valence-corrected chi connectivity index (χ1v) is 12.6. The monoisotopic (exact) mass is 522 g/mol. The zero-order valence-electron chi connectivity index (χ0n) is 20.1. The van der Waals surface area contributed by atoms with E-state index in [9.17, 15) is 5.11 Å². The van der Waals surface area contributed by atoms with Crippen LogP contribution in [0.25, 0.3) is 33.4 Å². The summed E-state index contributed by atoms with van der Waals surface area (Å²) in [6.07, 6.45) is -1.82. The topological polar surface area (TPSA) is 106 Å². The number of ether oxygens (including phenoxy) is 4. The molecule has 3 N–H and O–H groups in total. The number of aliphatic hydroxyl groups excluding tert-OH is 2. The van der Waals surface area contributed by atoms with Crippen LogP contribution >= 0.6 is 11.6 Å². The average Bonchev–Trinajstić information content (AvgIpc) is 3.60. The van der Waals surface area contributed by atoms with E-state index in [-0.39, 0.29) is 37.6 Å². The van der Waals surface area contributed by atoms with E-state index in [1.165, 1.54) is 0 Å². The van der Waals surface area contributed by atoms with Crippen LogP contribution in [-0.2, 0) is 9.47 Å². The number of hydrogen-bond acceptors (Lipinski definition) is 7. The van der Waals surface area contributed by atoms with Crippen LogP contribution in [0.2, 0.25) is 5.02 Å². The molecule has 2 saturated heterocycles. The minimum absolute atomic E-state index is 0.0287. The predicted molar refractivity (Wildman–Crippen MR) is 139 cm³/mol. The standard InChI is InChI=1S/C28H27ClN2O6/c1-15(12-32)36-19-8-6-17(7-9-19)16-2-4-18(5-3-16)26-20(29)10-21-22(31-26)11-25(30-21)37-24-14-35-27-23(33)13-34-28(24)27/h2-11,15,23-24,27-28,30,32-33H,12-14H2,1H3/t15?,23-,24-,27?,28-/m1/s1. The zero-order valence-corrected chi connectivity index (χ0v) is 20.9. The van der Waals surface area contributed by atoms with E-state index < -0.39 is 6.10 Å². The first kappa shape index (κ1) is 24.2. The zero-order chi connectivity index (χ0) is 25.5. The lowest BCUT2D eigenvalue weighted by atomic mass is 10.0. The van der Waals surface area contributed by atoms with Crippen molar-refractivity contribution >= 4 is 22.6 Å². The number of halogens is 1. The van der Waals surface area contributed by atoms with Gasteiger partial charge in [-0.3, -0.25) is 0 Å². The van der Waals surface area contributed by atoms with Crippen LogP contribution < -0.4 is 9.47 Å². The average molecular weight is 523 g/mol. The van der Waals surface area contributed by atoms with Gasteiger partial charge in [0, 0.05) is 11.6 Å². The fraction of sp³-hybridized carbons (Fsp3) is 0.321. The molecule has 0 amide bonds. The third kappa shape index (κ3) is 4.79. The third-order valence-electron chi connectivity index (χ3n) is 6.73. The number of benzene rings is 2. The molecule has 0 spiro atoms. The molecular weight excluding hydrogens is 496 g/mol. The van der Waals surface area contributed by atoms with Crippen molar-refractivity contribution < 1.29 is 29.2 Å². The molecule has 6 rings (SSSR count). The second-order valence-corrected chi connectivity index (χ2v) is 9.82. The van der Waals surface area contributed by atoms with E-state index in [0.29, 0.717) is 23.2 Å². The van der Waals surface area contributed by atoms with Gasteiger partial charge in [0.15, 0.2) is 12.0 Å². The van der Waals surface area contributed by atoms with Crippen LogP contribution in [0.5, 0.6) is 11.6 Å². The first-order chi connectivity index (χ1) is 18.0. The molecule has 9 heteroatoms. The molecule has 0 bridgehead atoms. The van der Waals surface area contributed by atoms with Crippen LogP contribution in [0.15, 0.2) is 60.7 Å². The summed E-state index contributed by atoms with van der Waals surface area (Å²) in [7, 11) is 0. The van der Waals surface area contributed by atoms with Gasteiger partial charge in [0.2, 0.25) is 0 Å². The van der Waals surface area contributed by atoms with Gasteiger partial charge < -0.3 is 34.1 Å². The van der Waals surface area contributed by atoms with E-state index in [2.05, 4.69) is 4.98 Å². The maximum absolute atomic E-state index is 9.95. The maximum Gasteiger partial charge on any atom is 0.193 e. The molecule has 4 heterocycles. The Balaban J connectivity index is 1.19. The largest absolute Gasteiger partial charge is 0.488 e. The minimum atomic E-state index is -0.621. The fourth-order valence-corrected chi connectivity index (χ4v) is 5.06. The summed E-state index contributed by atoms with van der Waals surface area (Å²) in [5.41, 5.74) is 5.18. The van der Waals surface area contributed by atoms with E-state index >= 15 is 0 Å². The lowest BCUT2D eigenvalue weighted by Crippen LogP contribution is -2.34. The van der Waals surface area contributed by atoms with Crippen LogP contribution in [0.3, 0.4) is 0 Å². The molecule has 2 aliphatic heterocycles. The maximum atomic E-state index is 9.95. The van der Waals surface area contributed by atoms with E-state index in [1.807, 2.05) is 67.6 Å². The molecule has 2 aliphatic rings. The van der Waals surface area contributed by atoms with Gasteiger partial charge in [-0.25, -0.2) is 4.98 Å². The van der Waals surface area contributed by atoms with Gasteiger partial charge in [-0.05, 0) is 36.2 Å². The van der Waals surface area contributed by atoms with Gasteiger partial charge in [0.1, 0.15) is 30.2 Å². The van der Waals surface area contributed by atoms with Gasteiger partial charge in [0.05, 0.1) is 41.6 Å². The Kier molecular flexibility index (Phi) is 6.52.